The van der Waals surface area contributed by atoms with E-state index in [1.54, 1.807) is 29.6 Å². The van der Waals surface area contributed by atoms with E-state index in [1.165, 1.54) is 11.3 Å². The number of nitrogens with zero attached hydrogens (tertiary/aromatic N) is 3. The summed E-state index contributed by atoms with van der Waals surface area (Å²) in [7, 11) is -3.53. The number of benzene rings is 1. The molecule has 0 spiro atoms. The smallest absolute Gasteiger partial charge is 0.223 e. The second kappa shape index (κ2) is 5.21. The van der Waals surface area contributed by atoms with Crippen molar-refractivity contribution in [3.8, 4) is 0 Å². The molecule has 0 aliphatic carbocycles. The van der Waals surface area contributed by atoms with Crippen LogP contribution in [0.3, 0.4) is 0 Å². The van der Waals surface area contributed by atoms with Crippen LogP contribution >= 0.6 is 11.3 Å². The Balaban J connectivity index is 1.80. The summed E-state index contributed by atoms with van der Waals surface area (Å²) < 4.78 is 28.8. The molecule has 2 aromatic heterocycles. The van der Waals surface area contributed by atoms with E-state index in [0.717, 1.165) is 16.2 Å². The van der Waals surface area contributed by atoms with Gasteiger partial charge in [0.25, 0.3) is 0 Å². The predicted octanol–water partition coefficient (Wildman–Crippen LogP) is 1.89. The van der Waals surface area contributed by atoms with Crippen LogP contribution in [0.2, 0.25) is 0 Å². The van der Waals surface area contributed by atoms with E-state index in [4.69, 9.17) is 0 Å². The number of aryl methyl sites for hydroxylation is 2. The maximum atomic E-state index is 12.3. The Morgan fingerprint density at radius 1 is 1.29 bits per heavy atom. The lowest BCUT2D eigenvalue weighted by Gasteiger charge is -2.07. The highest BCUT2D eigenvalue weighted by Crippen LogP contribution is 2.17. The quantitative estimate of drug-likeness (QED) is 0.796. The standard InChI is InChI=1S/C13H14N4O2S2/c1-9-5-3-4-6-11(9)21(18,19)14-7-12-16-17-8-10(2)15-13(17)20-12/h3-6,8,14H,7H2,1-2H3. The minimum Gasteiger partial charge on any atom is -0.223 e. The number of aromatic nitrogens is 3. The van der Waals surface area contributed by atoms with E-state index in [1.807, 2.05) is 19.2 Å². The molecule has 1 N–H and O–H groups in total. The summed E-state index contributed by atoms with van der Waals surface area (Å²) in [6.07, 6.45) is 1.81. The van der Waals surface area contributed by atoms with Crippen LogP contribution in [0.25, 0.3) is 4.96 Å². The fourth-order valence-corrected chi connectivity index (χ4v) is 4.20. The summed E-state index contributed by atoms with van der Waals surface area (Å²) in [4.78, 5) is 5.35. The molecule has 0 aliphatic rings. The van der Waals surface area contributed by atoms with Gasteiger partial charge in [0.05, 0.1) is 23.3 Å². The molecule has 3 aromatic rings. The topological polar surface area (TPSA) is 76.4 Å². The van der Waals surface area contributed by atoms with E-state index < -0.39 is 10.0 Å². The maximum absolute atomic E-state index is 12.3. The lowest BCUT2D eigenvalue weighted by molar-refractivity contribution is 0.580. The van der Waals surface area contributed by atoms with Crippen LogP contribution in [0, 0.1) is 13.8 Å². The van der Waals surface area contributed by atoms with Crippen molar-refractivity contribution in [2.75, 3.05) is 0 Å². The van der Waals surface area contributed by atoms with E-state index in [2.05, 4.69) is 14.8 Å². The SMILES string of the molecule is Cc1cn2nc(CNS(=O)(=O)c3ccccc3C)sc2n1. The zero-order valence-electron chi connectivity index (χ0n) is 11.6. The first-order valence-electron chi connectivity index (χ1n) is 6.33. The molecule has 110 valence electrons. The lowest BCUT2D eigenvalue weighted by atomic mass is 10.2. The fraction of sp³-hybridized carbons (Fsp3) is 0.231. The number of fused-ring (bicyclic) bond motifs is 1. The molecule has 0 aliphatic heterocycles. The zero-order chi connectivity index (χ0) is 15.0. The normalized spacial score (nSPS) is 12.1. The van der Waals surface area contributed by atoms with Crippen molar-refractivity contribution in [1.29, 1.82) is 0 Å². The van der Waals surface area contributed by atoms with Gasteiger partial charge in [0.15, 0.2) is 0 Å². The van der Waals surface area contributed by atoms with Crippen LogP contribution in [-0.4, -0.2) is 23.0 Å². The molecular formula is C13H14N4O2S2. The van der Waals surface area contributed by atoms with Crippen molar-refractivity contribution in [3.63, 3.8) is 0 Å². The predicted molar refractivity (Wildman–Crippen MR) is 80.8 cm³/mol. The third-order valence-electron chi connectivity index (χ3n) is 3.00. The van der Waals surface area contributed by atoms with E-state index in [-0.39, 0.29) is 6.54 Å². The molecule has 1 aromatic carbocycles. The number of hydrogen-bond acceptors (Lipinski definition) is 5. The van der Waals surface area contributed by atoms with Gasteiger partial charge in [-0.3, -0.25) is 0 Å². The Bertz CT molecular complexity index is 864. The largest absolute Gasteiger partial charge is 0.241 e. The molecule has 0 unspecified atom stereocenters. The van der Waals surface area contributed by atoms with Crippen molar-refractivity contribution in [2.45, 2.75) is 25.3 Å². The van der Waals surface area contributed by atoms with Gasteiger partial charge in [-0.1, -0.05) is 29.5 Å². The minimum absolute atomic E-state index is 0.156. The molecule has 0 saturated heterocycles. The van der Waals surface area contributed by atoms with Crippen LogP contribution in [0.4, 0.5) is 0 Å². The van der Waals surface area contributed by atoms with Crippen molar-refractivity contribution in [1.82, 2.24) is 19.3 Å². The molecule has 6 nitrogen and oxygen atoms in total. The Morgan fingerprint density at radius 3 is 2.76 bits per heavy atom. The van der Waals surface area contributed by atoms with Gasteiger partial charge in [0.2, 0.25) is 15.0 Å². The molecule has 0 bridgehead atoms. The first-order chi connectivity index (χ1) is 9.95. The van der Waals surface area contributed by atoms with Gasteiger partial charge in [-0.2, -0.15) is 5.10 Å². The highest BCUT2D eigenvalue weighted by atomic mass is 32.2. The molecule has 0 amide bonds. The molecule has 0 fully saturated rings. The summed E-state index contributed by atoms with van der Waals surface area (Å²) in [6, 6.07) is 6.89. The van der Waals surface area contributed by atoms with Gasteiger partial charge >= 0.3 is 0 Å². The molecule has 0 radical (unpaired) electrons. The van der Waals surface area contributed by atoms with E-state index in [9.17, 15) is 8.42 Å². The number of hydrogen-bond donors (Lipinski definition) is 1. The lowest BCUT2D eigenvalue weighted by Crippen LogP contribution is -2.24. The summed E-state index contributed by atoms with van der Waals surface area (Å²) in [5.74, 6) is 0. The van der Waals surface area contributed by atoms with Gasteiger partial charge in [0.1, 0.15) is 5.01 Å². The molecule has 8 heteroatoms. The molecule has 2 heterocycles. The highest BCUT2D eigenvalue weighted by Gasteiger charge is 2.17. The maximum Gasteiger partial charge on any atom is 0.241 e. The number of sulfonamides is 1. The van der Waals surface area contributed by atoms with Crippen LogP contribution in [0.15, 0.2) is 35.4 Å². The number of nitrogens with one attached hydrogen (secondary N) is 1. The molecule has 0 atom stereocenters. The average molecular weight is 322 g/mol. The first-order valence-corrected chi connectivity index (χ1v) is 8.63. The zero-order valence-corrected chi connectivity index (χ0v) is 13.2. The Kier molecular flexibility index (Phi) is 3.52. The Morgan fingerprint density at radius 2 is 2.05 bits per heavy atom. The fourth-order valence-electron chi connectivity index (χ4n) is 2.01. The summed E-state index contributed by atoms with van der Waals surface area (Å²) in [5.41, 5.74) is 1.61. The van der Waals surface area contributed by atoms with Crippen LogP contribution < -0.4 is 4.72 Å². The van der Waals surface area contributed by atoms with Crippen LogP contribution in [0.5, 0.6) is 0 Å². The second-order valence-electron chi connectivity index (χ2n) is 4.70. The average Bonchev–Trinajstić information content (AvgIpc) is 2.93. The van der Waals surface area contributed by atoms with Crippen molar-refractivity contribution >= 4 is 26.3 Å². The monoisotopic (exact) mass is 322 g/mol. The Labute approximate surface area is 126 Å². The second-order valence-corrected chi connectivity index (χ2v) is 7.47. The molecule has 0 saturated carbocycles. The van der Waals surface area contributed by atoms with Gasteiger partial charge in [-0.05, 0) is 25.5 Å². The van der Waals surface area contributed by atoms with Gasteiger partial charge in [-0.25, -0.2) is 22.6 Å². The summed E-state index contributed by atoms with van der Waals surface area (Å²) in [6.45, 7) is 3.82. The van der Waals surface area contributed by atoms with Crippen molar-refractivity contribution in [3.05, 3.63) is 46.7 Å². The number of imidazole rings is 1. The third-order valence-corrected chi connectivity index (χ3v) is 5.49. The van der Waals surface area contributed by atoms with Gasteiger partial charge in [0, 0.05) is 0 Å². The number of rotatable bonds is 4. The minimum atomic E-state index is -3.53. The first kappa shape index (κ1) is 14.2. The summed E-state index contributed by atoms with van der Waals surface area (Å²) in [5, 5.41) is 4.97. The summed E-state index contributed by atoms with van der Waals surface area (Å²) >= 11 is 1.37. The van der Waals surface area contributed by atoms with E-state index >= 15 is 0 Å². The van der Waals surface area contributed by atoms with Crippen LogP contribution in [0.1, 0.15) is 16.3 Å². The molecule has 21 heavy (non-hydrogen) atoms. The van der Waals surface area contributed by atoms with Crippen LogP contribution in [-0.2, 0) is 16.6 Å². The van der Waals surface area contributed by atoms with Crippen molar-refractivity contribution in [2.24, 2.45) is 0 Å². The Hall–Kier alpha value is -1.77. The van der Waals surface area contributed by atoms with Gasteiger partial charge in [-0.15, -0.1) is 0 Å². The van der Waals surface area contributed by atoms with E-state index in [0.29, 0.717) is 9.90 Å². The molecular weight excluding hydrogens is 308 g/mol. The highest BCUT2D eigenvalue weighted by molar-refractivity contribution is 7.89. The third kappa shape index (κ3) is 2.82. The molecule has 3 rings (SSSR count). The van der Waals surface area contributed by atoms with Crippen molar-refractivity contribution < 1.29 is 8.42 Å². The van der Waals surface area contributed by atoms with Gasteiger partial charge < -0.3 is 0 Å².